The molecule has 0 saturated carbocycles. The van der Waals surface area contributed by atoms with Gasteiger partial charge in [-0.15, -0.1) is 0 Å². The third-order valence-corrected chi connectivity index (χ3v) is 4.26. The van der Waals surface area contributed by atoms with Crippen molar-refractivity contribution in [3.05, 3.63) is 64.2 Å². The number of nitro benzene ring substituents is 1. The van der Waals surface area contributed by atoms with Crippen LogP contribution in [-0.4, -0.2) is 41.3 Å². The molecule has 8 heteroatoms. The standard InChI is InChI=1S/C19H19N3O5/c23-18(21-10-3-4-11-21)13-27-15-7-5-6-14(12-15)20-19(24)16-8-1-2-9-17(16)22(25)26/h1-2,5-9,12H,3-4,10-11,13H2,(H,20,24). The molecule has 1 aliphatic rings. The minimum absolute atomic E-state index is 0.0296. The molecule has 3 rings (SSSR count). The summed E-state index contributed by atoms with van der Waals surface area (Å²) in [4.78, 5) is 36.6. The Morgan fingerprint density at radius 2 is 1.85 bits per heavy atom. The van der Waals surface area contributed by atoms with E-state index in [4.69, 9.17) is 4.74 Å². The first-order valence-electron chi connectivity index (χ1n) is 8.60. The Balaban J connectivity index is 1.64. The van der Waals surface area contributed by atoms with Crippen molar-refractivity contribution < 1.29 is 19.2 Å². The fraction of sp³-hybridized carbons (Fsp3) is 0.263. The monoisotopic (exact) mass is 369 g/mol. The molecule has 2 aromatic rings. The molecule has 2 amide bonds. The Morgan fingerprint density at radius 1 is 1.11 bits per heavy atom. The molecule has 0 atom stereocenters. The molecule has 27 heavy (non-hydrogen) atoms. The molecule has 1 fully saturated rings. The highest BCUT2D eigenvalue weighted by Crippen LogP contribution is 2.22. The van der Waals surface area contributed by atoms with Gasteiger partial charge in [-0.05, 0) is 31.0 Å². The first-order chi connectivity index (χ1) is 13.0. The second-order valence-electron chi connectivity index (χ2n) is 6.13. The predicted molar refractivity (Wildman–Crippen MR) is 98.8 cm³/mol. The number of hydrogen-bond acceptors (Lipinski definition) is 5. The average Bonchev–Trinajstić information content (AvgIpc) is 3.21. The lowest BCUT2D eigenvalue weighted by Crippen LogP contribution is -2.32. The Bertz CT molecular complexity index is 862. The number of carbonyl (C=O) groups is 2. The Hall–Kier alpha value is -3.42. The number of likely N-dealkylation sites (tertiary alicyclic amines) is 1. The second-order valence-corrected chi connectivity index (χ2v) is 6.13. The summed E-state index contributed by atoms with van der Waals surface area (Å²) in [5.74, 6) is -0.225. The number of carbonyl (C=O) groups excluding carboxylic acids is 2. The van der Waals surface area contributed by atoms with Gasteiger partial charge in [0, 0.05) is 30.9 Å². The molecule has 2 aromatic carbocycles. The van der Waals surface area contributed by atoms with Gasteiger partial charge in [0.2, 0.25) is 0 Å². The number of benzene rings is 2. The van der Waals surface area contributed by atoms with Crippen molar-refractivity contribution in [2.75, 3.05) is 25.0 Å². The van der Waals surface area contributed by atoms with Gasteiger partial charge in [-0.2, -0.15) is 0 Å². The van der Waals surface area contributed by atoms with Gasteiger partial charge in [0.25, 0.3) is 17.5 Å². The molecule has 0 aromatic heterocycles. The van der Waals surface area contributed by atoms with E-state index < -0.39 is 10.8 Å². The van der Waals surface area contributed by atoms with Crippen LogP contribution in [0.4, 0.5) is 11.4 Å². The SMILES string of the molecule is O=C(Nc1cccc(OCC(=O)N2CCCC2)c1)c1ccccc1[N+](=O)[O-]. The van der Waals surface area contributed by atoms with E-state index >= 15 is 0 Å². The summed E-state index contributed by atoms with van der Waals surface area (Å²) in [7, 11) is 0. The van der Waals surface area contributed by atoms with Crippen LogP contribution in [0.3, 0.4) is 0 Å². The van der Waals surface area contributed by atoms with Crippen molar-refractivity contribution in [1.82, 2.24) is 4.90 Å². The number of anilines is 1. The van der Waals surface area contributed by atoms with Crippen molar-refractivity contribution in [1.29, 1.82) is 0 Å². The fourth-order valence-electron chi connectivity index (χ4n) is 2.89. The quantitative estimate of drug-likeness (QED) is 0.623. The molecule has 1 heterocycles. The first-order valence-corrected chi connectivity index (χ1v) is 8.60. The van der Waals surface area contributed by atoms with E-state index in [1.165, 1.54) is 18.2 Å². The Morgan fingerprint density at radius 3 is 2.59 bits per heavy atom. The number of hydrogen-bond donors (Lipinski definition) is 1. The van der Waals surface area contributed by atoms with Gasteiger partial charge in [-0.3, -0.25) is 19.7 Å². The van der Waals surface area contributed by atoms with Crippen molar-refractivity contribution in [2.45, 2.75) is 12.8 Å². The van der Waals surface area contributed by atoms with Crippen LogP contribution in [0.2, 0.25) is 0 Å². The zero-order valence-electron chi connectivity index (χ0n) is 14.6. The normalized spacial score (nSPS) is 13.3. The minimum atomic E-state index is -0.599. The second kappa shape index (κ2) is 8.31. The topological polar surface area (TPSA) is 102 Å². The van der Waals surface area contributed by atoms with Crippen LogP contribution < -0.4 is 10.1 Å². The first kappa shape index (κ1) is 18.4. The van der Waals surface area contributed by atoms with Crippen LogP contribution >= 0.6 is 0 Å². The van der Waals surface area contributed by atoms with E-state index in [0.29, 0.717) is 11.4 Å². The fourth-order valence-corrected chi connectivity index (χ4v) is 2.89. The number of rotatable bonds is 6. The van der Waals surface area contributed by atoms with Crippen LogP contribution in [0.1, 0.15) is 23.2 Å². The lowest BCUT2D eigenvalue weighted by atomic mass is 10.1. The maximum atomic E-state index is 12.4. The maximum absolute atomic E-state index is 12.4. The minimum Gasteiger partial charge on any atom is -0.484 e. The van der Waals surface area contributed by atoms with E-state index in [0.717, 1.165) is 25.9 Å². The Labute approximate surface area is 155 Å². The smallest absolute Gasteiger partial charge is 0.282 e. The number of para-hydroxylation sites is 1. The number of amides is 2. The van der Waals surface area contributed by atoms with E-state index in [-0.39, 0.29) is 23.8 Å². The zero-order chi connectivity index (χ0) is 19.2. The lowest BCUT2D eigenvalue weighted by Gasteiger charge is -2.15. The molecular weight excluding hydrogens is 350 g/mol. The van der Waals surface area contributed by atoms with Crippen LogP contribution in [0.15, 0.2) is 48.5 Å². The van der Waals surface area contributed by atoms with Crippen molar-refractivity contribution in [2.24, 2.45) is 0 Å². The molecule has 140 valence electrons. The summed E-state index contributed by atoms with van der Waals surface area (Å²) in [6.45, 7) is 1.45. The van der Waals surface area contributed by atoms with Crippen LogP contribution in [-0.2, 0) is 4.79 Å². The number of nitro groups is 1. The highest BCUT2D eigenvalue weighted by Gasteiger charge is 2.20. The van der Waals surface area contributed by atoms with Crippen molar-refractivity contribution in [3.63, 3.8) is 0 Å². The van der Waals surface area contributed by atoms with Gasteiger partial charge < -0.3 is 15.0 Å². The van der Waals surface area contributed by atoms with E-state index in [2.05, 4.69) is 5.32 Å². The van der Waals surface area contributed by atoms with Crippen molar-refractivity contribution >= 4 is 23.2 Å². The van der Waals surface area contributed by atoms with Gasteiger partial charge >= 0.3 is 0 Å². The molecule has 8 nitrogen and oxygen atoms in total. The summed E-state index contributed by atoms with van der Waals surface area (Å²) < 4.78 is 5.52. The number of nitrogens with one attached hydrogen (secondary N) is 1. The van der Waals surface area contributed by atoms with Crippen LogP contribution in [0, 0.1) is 10.1 Å². The highest BCUT2D eigenvalue weighted by molar-refractivity contribution is 6.07. The summed E-state index contributed by atoms with van der Waals surface area (Å²) in [6, 6.07) is 12.3. The third kappa shape index (κ3) is 4.60. The highest BCUT2D eigenvalue weighted by atomic mass is 16.6. The molecule has 1 saturated heterocycles. The van der Waals surface area contributed by atoms with Gasteiger partial charge in [0.05, 0.1) is 4.92 Å². The Kier molecular flexibility index (Phi) is 5.65. The average molecular weight is 369 g/mol. The molecule has 0 bridgehead atoms. The molecule has 1 aliphatic heterocycles. The summed E-state index contributed by atoms with van der Waals surface area (Å²) in [6.07, 6.45) is 2.03. The molecule has 0 unspecified atom stereocenters. The number of ether oxygens (including phenoxy) is 1. The molecule has 1 N–H and O–H groups in total. The van der Waals surface area contributed by atoms with Gasteiger partial charge in [0.1, 0.15) is 11.3 Å². The summed E-state index contributed by atoms with van der Waals surface area (Å²) >= 11 is 0. The predicted octanol–water partition coefficient (Wildman–Crippen LogP) is 2.85. The zero-order valence-corrected chi connectivity index (χ0v) is 14.6. The largest absolute Gasteiger partial charge is 0.484 e. The molecular formula is C19H19N3O5. The van der Waals surface area contributed by atoms with E-state index in [1.54, 1.807) is 35.2 Å². The maximum Gasteiger partial charge on any atom is 0.282 e. The lowest BCUT2D eigenvalue weighted by molar-refractivity contribution is -0.385. The van der Waals surface area contributed by atoms with Crippen LogP contribution in [0.25, 0.3) is 0 Å². The van der Waals surface area contributed by atoms with Gasteiger partial charge in [0.15, 0.2) is 6.61 Å². The summed E-state index contributed by atoms with van der Waals surface area (Å²) in [5.41, 5.74) is 0.126. The third-order valence-electron chi connectivity index (χ3n) is 4.26. The molecule has 0 radical (unpaired) electrons. The van der Waals surface area contributed by atoms with Crippen molar-refractivity contribution in [3.8, 4) is 5.75 Å². The van der Waals surface area contributed by atoms with Gasteiger partial charge in [-0.1, -0.05) is 18.2 Å². The van der Waals surface area contributed by atoms with E-state index in [9.17, 15) is 19.7 Å². The van der Waals surface area contributed by atoms with Crippen LogP contribution in [0.5, 0.6) is 5.75 Å². The van der Waals surface area contributed by atoms with E-state index in [1.807, 2.05) is 0 Å². The molecule has 0 spiro atoms. The molecule has 0 aliphatic carbocycles. The summed E-state index contributed by atoms with van der Waals surface area (Å²) in [5, 5.41) is 13.7. The van der Waals surface area contributed by atoms with Gasteiger partial charge in [-0.25, -0.2) is 0 Å². The number of nitrogens with zero attached hydrogens (tertiary/aromatic N) is 2.